The summed E-state index contributed by atoms with van der Waals surface area (Å²) in [6, 6.07) is 12.2. The fraction of sp³-hybridized carbons (Fsp3) is 0.368. The standard InChI is InChI=1S/C19H24N4O/c1-4-17(23-11-7-10-20-23)19(24)21(3)12-13-22-15(2)14-16-8-5-6-9-18(16)22/h5-11,14,17H,4,12-13H2,1-3H3/t17-/m0/s1. The van der Waals surface area contributed by atoms with Gasteiger partial charge in [0.15, 0.2) is 0 Å². The van der Waals surface area contributed by atoms with Gasteiger partial charge in [0.05, 0.1) is 0 Å². The van der Waals surface area contributed by atoms with Crippen molar-refractivity contribution < 1.29 is 4.79 Å². The molecule has 0 saturated carbocycles. The zero-order valence-electron chi connectivity index (χ0n) is 14.5. The number of carbonyl (C=O) groups is 1. The van der Waals surface area contributed by atoms with Gasteiger partial charge >= 0.3 is 0 Å². The number of amides is 1. The molecule has 0 radical (unpaired) electrons. The van der Waals surface area contributed by atoms with Crippen LogP contribution in [0.25, 0.3) is 10.9 Å². The molecule has 1 atom stereocenters. The largest absolute Gasteiger partial charge is 0.343 e. The fourth-order valence-corrected chi connectivity index (χ4v) is 3.20. The first-order chi connectivity index (χ1) is 11.6. The van der Waals surface area contributed by atoms with E-state index >= 15 is 0 Å². The minimum atomic E-state index is -0.229. The van der Waals surface area contributed by atoms with Gasteiger partial charge in [0, 0.05) is 43.7 Å². The van der Waals surface area contributed by atoms with E-state index in [2.05, 4.69) is 46.9 Å². The second kappa shape index (κ2) is 6.91. The Labute approximate surface area is 142 Å². The van der Waals surface area contributed by atoms with Crippen LogP contribution in [-0.4, -0.2) is 38.7 Å². The molecular weight excluding hydrogens is 300 g/mol. The maximum atomic E-state index is 12.7. The van der Waals surface area contributed by atoms with Crippen LogP contribution in [0.3, 0.4) is 0 Å². The van der Waals surface area contributed by atoms with Crippen molar-refractivity contribution in [1.82, 2.24) is 19.2 Å². The van der Waals surface area contributed by atoms with E-state index in [1.165, 1.54) is 16.6 Å². The molecule has 126 valence electrons. The van der Waals surface area contributed by atoms with Crippen LogP contribution < -0.4 is 0 Å². The van der Waals surface area contributed by atoms with E-state index in [0.717, 1.165) is 13.0 Å². The summed E-state index contributed by atoms with van der Waals surface area (Å²) in [5, 5.41) is 5.46. The van der Waals surface area contributed by atoms with Crippen molar-refractivity contribution in [3.8, 4) is 0 Å². The molecule has 0 bridgehead atoms. The van der Waals surface area contributed by atoms with Crippen molar-refractivity contribution >= 4 is 16.8 Å². The number of rotatable bonds is 6. The summed E-state index contributed by atoms with van der Waals surface area (Å²) in [6.45, 7) is 5.59. The lowest BCUT2D eigenvalue weighted by Crippen LogP contribution is -2.36. The van der Waals surface area contributed by atoms with Crippen LogP contribution in [0.2, 0.25) is 0 Å². The van der Waals surface area contributed by atoms with Crippen molar-refractivity contribution in [2.24, 2.45) is 0 Å². The van der Waals surface area contributed by atoms with E-state index in [-0.39, 0.29) is 11.9 Å². The first-order valence-corrected chi connectivity index (χ1v) is 8.40. The Kier molecular flexibility index (Phi) is 4.69. The molecule has 1 amide bonds. The van der Waals surface area contributed by atoms with Gasteiger partial charge in [-0.25, -0.2) is 0 Å². The second-order valence-corrected chi connectivity index (χ2v) is 6.17. The Balaban J connectivity index is 1.71. The Morgan fingerprint density at radius 2 is 2.08 bits per heavy atom. The van der Waals surface area contributed by atoms with Crippen molar-refractivity contribution in [3.63, 3.8) is 0 Å². The van der Waals surface area contributed by atoms with Gasteiger partial charge in [-0.3, -0.25) is 9.48 Å². The molecule has 0 N–H and O–H groups in total. The quantitative estimate of drug-likeness (QED) is 0.698. The Hall–Kier alpha value is -2.56. The molecule has 2 heterocycles. The lowest BCUT2D eigenvalue weighted by molar-refractivity contribution is -0.134. The average molecular weight is 324 g/mol. The molecule has 0 aliphatic rings. The first kappa shape index (κ1) is 16.3. The van der Waals surface area contributed by atoms with Gasteiger partial charge in [-0.2, -0.15) is 5.10 Å². The summed E-state index contributed by atoms with van der Waals surface area (Å²) < 4.78 is 4.02. The van der Waals surface area contributed by atoms with E-state index in [1.807, 2.05) is 31.1 Å². The highest BCUT2D eigenvalue weighted by molar-refractivity contribution is 5.81. The summed E-state index contributed by atoms with van der Waals surface area (Å²) >= 11 is 0. The number of fused-ring (bicyclic) bond motifs is 1. The number of likely N-dealkylation sites (N-methyl/N-ethyl adjacent to an activating group) is 1. The summed E-state index contributed by atoms with van der Waals surface area (Å²) in [5.41, 5.74) is 2.44. The Bertz CT molecular complexity index is 819. The number of nitrogens with zero attached hydrogens (tertiary/aromatic N) is 4. The molecule has 5 heteroatoms. The van der Waals surface area contributed by atoms with Crippen LogP contribution >= 0.6 is 0 Å². The smallest absolute Gasteiger partial charge is 0.247 e. The number of benzene rings is 1. The van der Waals surface area contributed by atoms with Gasteiger partial charge in [-0.1, -0.05) is 25.1 Å². The number of carbonyl (C=O) groups excluding carboxylic acids is 1. The minimum Gasteiger partial charge on any atom is -0.343 e. The van der Waals surface area contributed by atoms with E-state index in [1.54, 1.807) is 10.9 Å². The molecule has 0 spiro atoms. The molecule has 0 fully saturated rings. The summed E-state index contributed by atoms with van der Waals surface area (Å²) in [6.07, 6.45) is 4.30. The summed E-state index contributed by atoms with van der Waals surface area (Å²) in [7, 11) is 1.87. The normalized spacial score (nSPS) is 12.5. The van der Waals surface area contributed by atoms with Gasteiger partial charge in [-0.05, 0) is 36.9 Å². The second-order valence-electron chi connectivity index (χ2n) is 6.17. The van der Waals surface area contributed by atoms with Gasteiger partial charge in [0.1, 0.15) is 6.04 Å². The monoisotopic (exact) mass is 324 g/mol. The summed E-state index contributed by atoms with van der Waals surface area (Å²) in [4.78, 5) is 14.5. The minimum absolute atomic E-state index is 0.107. The van der Waals surface area contributed by atoms with Crippen LogP contribution in [0.5, 0.6) is 0 Å². The van der Waals surface area contributed by atoms with Crippen LogP contribution in [0.1, 0.15) is 25.1 Å². The van der Waals surface area contributed by atoms with Gasteiger partial charge < -0.3 is 9.47 Å². The number of aromatic nitrogens is 3. The van der Waals surface area contributed by atoms with E-state index in [4.69, 9.17) is 0 Å². The lowest BCUT2D eigenvalue weighted by Gasteiger charge is -2.24. The average Bonchev–Trinajstić information content (AvgIpc) is 3.21. The highest BCUT2D eigenvalue weighted by Crippen LogP contribution is 2.19. The SMILES string of the molecule is CC[C@@H](C(=O)N(C)CCn1c(C)cc2ccccc21)n1cccn1. The molecule has 0 aliphatic carbocycles. The van der Waals surface area contributed by atoms with Gasteiger partial charge in [-0.15, -0.1) is 0 Å². The Morgan fingerprint density at radius 3 is 2.79 bits per heavy atom. The molecule has 0 saturated heterocycles. The van der Waals surface area contributed by atoms with Crippen molar-refractivity contribution in [3.05, 3.63) is 54.5 Å². The third-order valence-corrected chi connectivity index (χ3v) is 4.57. The van der Waals surface area contributed by atoms with E-state index in [0.29, 0.717) is 6.54 Å². The zero-order valence-corrected chi connectivity index (χ0v) is 14.5. The molecule has 5 nitrogen and oxygen atoms in total. The van der Waals surface area contributed by atoms with Crippen LogP contribution in [0.15, 0.2) is 48.8 Å². The molecule has 3 aromatic rings. The van der Waals surface area contributed by atoms with Crippen LogP contribution in [0.4, 0.5) is 0 Å². The number of hydrogen-bond donors (Lipinski definition) is 0. The third-order valence-electron chi connectivity index (χ3n) is 4.57. The van der Waals surface area contributed by atoms with Crippen LogP contribution in [0, 0.1) is 6.92 Å². The maximum Gasteiger partial charge on any atom is 0.247 e. The highest BCUT2D eigenvalue weighted by atomic mass is 16.2. The van der Waals surface area contributed by atoms with Crippen LogP contribution in [-0.2, 0) is 11.3 Å². The zero-order chi connectivity index (χ0) is 17.1. The van der Waals surface area contributed by atoms with E-state index < -0.39 is 0 Å². The molecule has 2 aromatic heterocycles. The third kappa shape index (κ3) is 3.07. The molecule has 0 unspecified atom stereocenters. The van der Waals surface area contributed by atoms with Crippen molar-refractivity contribution in [1.29, 1.82) is 0 Å². The number of hydrogen-bond acceptors (Lipinski definition) is 2. The Morgan fingerprint density at radius 1 is 1.29 bits per heavy atom. The fourth-order valence-electron chi connectivity index (χ4n) is 3.20. The highest BCUT2D eigenvalue weighted by Gasteiger charge is 2.22. The predicted molar refractivity (Wildman–Crippen MR) is 95.9 cm³/mol. The lowest BCUT2D eigenvalue weighted by atomic mass is 10.2. The maximum absolute atomic E-state index is 12.7. The number of para-hydroxylation sites is 1. The number of aryl methyl sites for hydroxylation is 1. The van der Waals surface area contributed by atoms with E-state index in [9.17, 15) is 4.79 Å². The van der Waals surface area contributed by atoms with Gasteiger partial charge in [0.25, 0.3) is 0 Å². The molecular formula is C19H24N4O. The predicted octanol–water partition coefficient (Wildman–Crippen LogP) is 3.26. The topological polar surface area (TPSA) is 43.1 Å². The molecule has 1 aromatic carbocycles. The van der Waals surface area contributed by atoms with Gasteiger partial charge in [0.2, 0.25) is 5.91 Å². The van der Waals surface area contributed by atoms with Crippen molar-refractivity contribution in [2.75, 3.05) is 13.6 Å². The molecule has 24 heavy (non-hydrogen) atoms. The first-order valence-electron chi connectivity index (χ1n) is 8.40. The molecule has 0 aliphatic heterocycles. The summed E-state index contributed by atoms with van der Waals surface area (Å²) in [5.74, 6) is 0.107. The molecule has 3 rings (SSSR count). The van der Waals surface area contributed by atoms with Crippen molar-refractivity contribution in [2.45, 2.75) is 32.9 Å².